The maximum absolute atomic E-state index is 13.5. The fourth-order valence-corrected chi connectivity index (χ4v) is 6.15. The molecule has 3 aromatic rings. The van der Waals surface area contributed by atoms with E-state index in [1.165, 1.54) is 37.2 Å². The van der Waals surface area contributed by atoms with Gasteiger partial charge in [-0.3, -0.25) is 0 Å². The van der Waals surface area contributed by atoms with Gasteiger partial charge in [0.15, 0.2) is 5.01 Å². The van der Waals surface area contributed by atoms with Crippen molar-refractivity contribution in [3.05, 3.63) is 24.4 Å². The molecule has 2 aromatic heterocycles. The van der Waals surface area contributed by atoms with Crippen molar-refractivity contribution >= 4 is 39.8 Å². The molecule has 1 saturated carbocycles. The van der Waals surface area contributed by atoms with Crippen molar-refractivity contribution in [2.45, 2.75) is 44.4 Å². The highest BCUT2D eigenvalue weighted by atomic mass is 32.2. The number of hydrogen-bond acceptors (Lipinski definition) is 8. The number of halogens is 2. The summed E-state index contributed by atoms with van der Waals surface area (Å²) in [5.74, 6) is -2.15. The molecule has 6 rings (SSSR count). The topological polar surface area (TPSA) is 92.1 Å². The highest BCUT2D eigenvalue weighted by Crippen LogP contribution is 2.54. The van der Waals surface area contributed by atoms with Gasteiger partial charge < -0.3 is 14.5 Å². The van der Waals surface area contributed by atoms with Gasteiger partial charge in [-0.2, -0.15) is 9.36 Å². The van der Waals surface area contributed by atoms with Crippen molar-refractivity contribution in [1.29, 1.82) is 0 Å². The van der Waals surface area contributed by atoms with Gasteiger partial charge in [0.05, 0.1) is 17.6 Å². The van der Waals surface area contributed by atoms with Crippen LogP contribution in [0.2, 0.25) is 0 Å². The Hall–Kier alpha value is -2.67. The predicted molar refractivity (Wildman–Crippen MR) is 137 cm³/mol. The van der Waals surface area contributed by atoms with E-state index in [9.17, 15) is 13.0 Å². The Morgan fingerprint density at radius 3 is 2.42 bits per heavy atom. The minimum atomic E-state index is -2.61. The summed E-state index contributed by atoms with van der Waals surface area (Å²) in [5, 5.41) is 9.31. The van der Waals surface area contributed by atoms with Gasteiger partial charge in [0.1, 0.15) is 16.7 Å². The van der Waals surface area contributed by atoms with Crippen molar-refractivity contribution in [2.24, 2.45) is 5.41 Å². The molecule has 0 amide bonds. The summed E-state index contributed by atoms with van der Waals surface area (Å²) in [7, 11) is -1.17. The van der Waals surface area contributed by atoms with Crippen molar-refractivity contribution < 1.29 is 13.0 Å². The van der Waals surface area contributed by atoms with E-state index in [1.807, 2.05) is 24.4 Å². The fourth-order valence-electron chi connectivity index (χ4n) is 5.06. The fraction of sp³-hybridized carbons (Fsp3) is 0.565. The van der Waals surface area contributed by atoms with Crippen molar-refractivity contribution in [1.82, 2.24) is 24.4 Å². The first-order valence-electron chi connectivity index (χ1n) is 12.2. The molecule has 1 unspecified atom stereocenters. The maximum atomic E-state index is 13.5. The van der Waals surface area contributed by atoms with E-state index >= 15 is 0 Å². The minimum Gasteiger partial charge on any atom is -0.370 e. The zero-order valence-corrected chi connectivity index (χ0v) is 21.6. The first kappa shape index (κ1) is 23.7. The number of aromatic nitrogens is 5. The number of benzene rings is 1. The lowest BCUT2D eigenvalue weighted by atomic mass is 9.93. The molecule has 1 spiro atoms. The third kappa shape index (κ3) is 4.82. The van der Waals surface area contributed by atoms with E-state index in [1.54, 1.807) is 15.8 Å². The Kier molecular flexibility index (Phi) is 5.94. The normalized spacial score (nSPS) is 21.5. The summed E-state index contributed by atoms with van der Waals surface area (Å²) in [5.41, 5.74) is 3.83. The lowest BCUT2D eigenvalue weighted by molar-refractivity contribution is -0.0222. The molecule has 36 heavy (non-hydrogen) atoms. The number of nitrogens with zero attached hydrogens (tertiary/aromatic N) is 7. The van der Waals surface area contributed by atoms with Crippen LogP contribution in [0.4, 0.5) is 26.1 Å². The highest BCUT2D eigenvalue weighted by Gasteiger charge is 2.44. The Morgan fingerprint density at radius 1 is 1.00 bits per heavy atom. The van der Waals surface area contributed by atoms with Gasteiger partial charge in [0, 0.05) is 51.0 Å². The Bertz CT molecular complexity index is 1270. The Labute approximate surface area is 214 Å². The molecule has 3 fully saturated rings. The monoisotopic (exact) mass is 534 g/mol. The van der Waals surface area contributed by atoms with E-state index in [0.717, 1.165) is 30.2 Å². The van der Waals surface area contributed by atoms with Crippen LogP contribution in [-0.4, -0.2) is 66.9 Å². The van der Waals surface area contributed by atoms with Gasteiger partial charge in [0.2, 0.25) is 5.95 Å². The van der Waals surface area contributed by atoms with Crippen molar-refractivity contribution in [3.8, 4) is 16.4 Å². The average Bonchev–Trinajstić information content (AvgIpc) is 3.24. The van der Waals surface area contributed by atoms with Crippen LogP contribution in [0.25, 0.3) is 16.4 Å². The van der Waals surface area contributed by atoms with Crippen molar-refractivity contribution in [2.75, 3.05) is 47.0 Å². The molecule has 192 valence electrons. The number of anilines is 3. The second-order valence-electron chi connectivity index (χ2n) is 10.0. The zero-order valence-electron chi connectivity index (χ0n) is 20.0. The smallest absolute Gasteiger partial charge is 0.251 e. The first-order chi connectivity index (χ1) is 17.3. The molecule has 1 aliphatic carbocycles. The van der Waals surface area contributed by atoms with Crippen LogP contribution >= 0.6 is 11.5 Å². The second kappa shape index (κ2) is 9.02. The molecule has 13 heteroatoms. The van der Waals surface area contributed by atoms with E-state index in [-0.39, 0.29) is 25.9 Å². The molecule has 3 aliphatic rings. The molecular formula is C23H28F2N8OS2. The summed E-state index contributed by atoms with van der Waals surface area (Å²) >= 11 is 1.19. The average molecular weight is 535 g/mol. The lowest BCUT2D eigenvalue weighted by Crippen LogP contribution is -2.39. The number of alkyl halides is 2. The van der Waals surface area contributed by atoms with Gasteiger partial charge in [-0.05, 0) is 60.8 Å². The molecule has 1 atom stereocenters. The van der Waals surface area contributed by atoms with E-state index in [0.29, 0.717) is 22.1 Å². The van der Waals surface area contributed by atoms with Crippen LogP contribution in [0.1, 0.15) is 38.5 Å². The quantitative estimate of drug-likeness (QED) is 0.509. The molecule has 1 N–H and O–H groups in total. The molecule has 1 aromatic carbocycles. The summed E-state index contributed by atoms with van der Waals surface area (Å²) in [6, 6.07) is 5.88. The summed E-state index contributed by atoms with van der Waals surface area (Å²) in [6.45, 7) is 2.42. The van der Waals surface area contributed by atoms with Crippen LogP contribution in [0.15, 0.2) is 24.4 Å². The number of piperidine rings is 2. The zero-order chi connectivity index (χ0) is 24.9. The molecular weight excluding hydrogens is 506 g/mol. The van der Waals surface area contributed by atoms with E-state index < -0.39 is 16.9 Å². The Balaban J connectivity index is 1.25. The van der Waals surface area contributed by atoms with E-state index in [2.05, 4.69) is 29.3 Å². The SMILES string of the molecule is CS(=O)Nc1ccc(-n2cc(-c3nc(N4CCC(F)(F)CC4)ns3)nn2)c(N2CCC3(CC2)CC3)c1. The third-order valence-corrected chi connectivity index (χ3v) is 8.76. The summed E-state index contributed by atoms with van der Waals surface area (Å²) in [4.78, 5) is 8.73. The molecule has 0 bridgehead atoms. The maximum Gasteiger partial charge on any atom is 0.251 e. The predicted octanol–water partition coefficient (Wildman–Crippen LogP) is 4.11. The van der Waals surface area contributed by atoms with Crippen LogP contribution in [0, 0.1) is 5.41 Å². The number of nitrogens with one attached hydrogen (secondary N) is 1. The van der Waals surface area contributed by atoms with Gasteiger partial charge in [0.25, 0.3) is 5.92 Å². The second-order valence-corrected chi connectivity index (χ2v) is 11.9. The standard InChI is InChI=1S/C23H28F2N8OS2/c1-36(34)29-16-2-3-18(19(14-16)31-10-6-22(4-5-22)7-11-31)33-15-17(27-30-33)20-26-21(28-35-20)32-12-8-23(24,25)9-13-32/h2-3,14-15,29H,4-13H2,1H3. The van der Waals surface area contributed by atoms with E-state index in [4.69, 9.17) is 0 Å². The Morgan fingerprint density at radius 2 is 1.72 bits per heavy atom. The van der Waals surface area contributed by atoms with Gasteiger partial charge in [-0.1, -0.05) is 5.21 Å². The minimum absolute atomic E-state index is 0.186. The van der Waals surface area contributed by atoms with Gasteiger partial charge in [-0.15, -0.1) is 5.10 Å². The van der Waals surface area contributed by atoms with Crippen LogP contribution < -0.4 is 14.5 Å². The van der Waals surface area contributed by atoms with Crippen LogP contribution in [-0.2, 0) is 11.0 Å². The molecule has 2 saturated heterocycles. The first-order valence-corrected chi connectivity index (χ1v) is 14.5. The third-order valence-electron chi connectivity index (χ3n) is 7.51. The van der Waals surface area contributed by atoms with Crippen molar-refractivity contribution in [3.63, 3.8) is 0 Å². The largest absolute Gasteiger partial charge is 0.370 e. The lowest BCUT2D eigenvalue weighted by Gasteiger charge is -2.35. The summed E-state index contributed by atoms with van der Waals surface area (Å²) < 4.78 is 47.9. The summed E-state index contributed by atoms with van der Waals surface area (Å²) in [6.07, 6.45) is 8.10. The molecule has 0 radical (unpaired) electrons. The molecule has 2 aliphatic heterocycles. The van der Waals surface area contributed by atoms with Crippen LogP contribution in [0.5, 0.6) is 0 Å². The van der Waals surface area contributed by atoms with Gasteiger partial charge >= 0.3 is 0 Å². The van der Waals surface area contributed by atoms with Crippen LogP contribution in [0.3, 0.4) is 0 Å². The molecule has 4 heterocycles. The van der Waals surface area contributed by atoms with Gasteiger partial charge in [-0.25, -0.2) is 17.7 Å². The molecule has 9 nitrogen and oxygen atoms in total. The number of hydrogen-bond donors (Lipinski definition) is 1. The number of rotatable bonds is 6. The highest BCUT2D eigenvalue weighted by molar-refractivity contribution is 7.85.